The number of carboxylic acids is 1. The van der Waals surface area contributed by atoms with Crippen LogP contribution in [-0.4, -0.2) is 55.4 Å². The minimum absolute atomic E-state index is 0.171. The highest BCUT2D eigenvalue weighted by Gasteiger charge is 2.44. The Morgan fingerprint density at radius 3 is 2.53 bits per heavy atom. The van der Waals surface area contributed by atoms with Gasteiger partial charge in [0.2, 0.25) is 0 Å². The summed E-state index contributed by atoms with van der Waals surface area (Å²) in [6, 6.07) is -1.07. The predicted molar refractivity (Wildman–Crippen MR) is 53.0 cm³/mol. The molecular formula is C8H13F2NO5S. The first-order valence-electron chi connectivity index (χ1n) is 4.91. The molecule has 0 radical (unpaired) electrons. The van der Waals surface area contributed by atoms with Crippen molar-refractivity contribution in [3.8, 4) is 0 Å². The molecule has 100 valence electrons. The van der Waals surface area contributed by atoms with Gasteiger partial charge < -0.3 is 9.84 Å². The van der Waals surface area contributed by atoms with Crippen LogP contribution in [0.1, 0.15) is 6.92 Å². The molecule has 0 spiro atoms. The normalized spacial score (nSPS) is 25.7. The van der Waals surface area contributed by atoms with Crippen LogP contribution in [0.5, 0.6) is 0 Å². The second-order valence-corrected chi connectivity index (χ2v) is 5.41. The molecule has 0 aliphatic carbocycles. The first-order chi connectivity index (χ1) is 7.82. The minimum Gasteiger partial charge on any atom is -0.481 e. The van der Waals surface area contributed by atoms with Gasteiger partial charge in [-0.2, -0.15) is 13.1 Å². The number of aliphatic carboxylic acids is 1. The van der Waals surface area contributed by atoms with Crippen LogP contribution in [0.4, 0.5) is 8.78 Å². The van der Waals surface area contributed by atoms with Crippen LogP contribution in [0, 0.1) is 5.92 Å². The molecule has 1 fully saturated rings. The standard InChI is InChI=1S/C8H13F2NO5S/c1-2-11(17(14,15)8(9)10)6-4-16-3-5(6)7(12)13/h5-6,8H,2-4H2,1H3,(H,12,13). The summed E-state index contributed by atoms with van der Waals surface area (Å²) in [6.45, 7) is 0.799. The first-order valence-corrected chi connectivity index (χ1v) is 6.42. The second-order valence-electron chi connectivity index (χ2n) is 3.56. The number of carbonyl (C=O) groups is 1. The fourth-order valence-electron chi connectivity index (χ4n) is 1.77. The van der Waals surface area contributed by atoms with Crippen molar-refractivity contribution in [2.75, 3.05) is 19.8 Å². The molecule has 6 nitrogen and oxygen atoms in total. The fraction of sp³-hybridized carbons (Fsp3) is 0.875. The third-order valence-corrected chi connectivity index (χ3v) is 4.23. The first kappa shape index (κ1) is 14.3. The van der Waals surface area contributed by atoms with E-state index < -0.39 is 33.7 Å². The van der Waals surface area contributed by atoms with Crippen LogP contribution in [0.2, 0.25) is 0 Å². The van der Waals surface area contributed by atoms with E-state index in [0.717, 1.165) is 0 Å². The maximum atomic E-state index is 12.4. The number of rotatable bonds is 5. The molecule has 0 aromatic rings. The molecule has 0 aromatic carbocycles. The Kier molecular flexibility index (Phi) is 4.39. The van der Waals surface area contributed by atoms with Gasteiger partial charge >= 0.3 is 11.7 Å². The SMILES string of the molecule is CCN(C1COCC1C(=O)O)S(=O)(=O)C(F)F. The molecule has 9 heteroatoms. The van der Waals surface area contributed by atoms with Crippen molar-refractivity contribution in [1.29, 1.82) is 0 Å². The Labute approximate surface area is 97.2 Å². The zero-order valence-electron chi connectivity index (χ0n) is 9.04. The lowest BCUT2D eigenvalue weighted by molar-refractivity contribution is -0.142. The molecule has 1 saturated heterocycles. The van der Waals surface area contributed by atoms with Crippen LogP contribution in [0.25, 0.3) is 0 Å². The third-order valence-electron chi connectivity index (χ3n) is 2.60. The molecule has 17 heavy (non-hydrogen) atoms. The maximum Gasteiger partial charge on any atom is 0.350 e. The van der Waals surface area contributed by atoms with Crippen molar-refractivity contribution in [2.45, 2.75) is 18.7 Å². The van der Waals surface area contributed by atoms with Crippen molar-refractivity contribution in [2.24, 2.45) is 5.92 Å². The Bertz CT molecular complexity index is 385. The maximum absolute atomic E-state index is 12.4. The highest BCUT2D eigenvalue weighted by Crippen LogP contribution is 2.25. The Morgan fingerprint density at radius 1 is 1.53 bits per heavy atom. The zero-order chi connectivity index (χ0) is 13.2. The number of sulfonamides is 1. The summed E-state index contributed by atoms with van der Waals surface area (Å²) in [5, 5.41) is 8.84. The average Bonchev–Trinajstić information content (AvgIpc) is 2.67. The molecule has 1 heterocycles. The van der Waals surface area contributed by atoms with Crippen LogP contribution in [0.3, 0.4) is 0 Å². The van der Waals surface area contributed by atoms with Crippen molar-refractivity contribution in [3.63, 3.8) is 0 Å². The molecule has 1 rings (SSSR count). The van der Waals surface area contributed by atoms with Gasteiger partial charge in [-0.25, -0.2) is 8.42 Å². The minimum atomic E-state index is -4.78. The van der Waals surface area contributed by atoms with Crippen LogP contribution in [-0.2, 0) is 19.6 Å². The quantitative estimate of drug-likeness (QED) is 0.760. The van der Waals surface area contributed by atoms with Crippen molar-refractivity contribution >= 4 is 16.0 Å². The summed E-state index contributed by atoms with van der Waals surface area (Å²) < 4.78 is 52.9. The molecule has 1 N–H and O–H groups in total. The van der Waals surface area contributed by atoms with Crippen molar-refractivity contribution in [1.82, 2.24) is 4.31 Å². The van der Waals surface area contributed by atoms with E-state index in [1.165, 1.54) is 6.92 Å². The Morgan fingerprint density at radius 2 is 2.12 bits per heavy atom. The molecular weight excluding hydrogens is 260 g/mol. The number of nitrogens with zero attached hydrogens (tertiary/aromatic N) is 1. The molecule has 0 amide bonds. The summed E-state index contributed by atoms with van der Waals surface area (Å²) >= 11 is 0. The van der Waals surface area contributed by atoms with Crippen LogP contribution in [0.15, 0.2) is 0 Å². The van der Waals surface area contributed by atoms with E-state index in [0.29, 0.717) is 4.31 Å². The van der Waals surface area contributed by atoms with Gasteiger partial charge in [-0.15, -0.1) is 0 Å². The van der Waals surface area contributed by atoms with Gasteiger partial charge in [0.25, 0.3) is 10.0 Å². The number of carboxylic acid groups (broad SMARTS) is 1. The van der Waals surface area contributed by atoms with Gasteiger partial charge in [-0.3, -0.25) is 4.79 Å². The van der Waals surface area contributed by atoms with E-state index in [1.807, 2.05) is 0 Å². The molecule has 1 aliphatic heterocycles. The number of likely N-dealkylation sites (N-methyl/N-ethyl adjacent to an activating group) is 1. The van der Waals surface area contributed by atoms with Gasteiger partial charge in [0.1, 0.15) is 0 Å². The van der Waals surface area contributed by atoms with E-state index in [4.69, 9.17) is 9.84 Å². The highest BCUT2D eigenvalue weighted by molar-refractivity contribution is 7.89. The Balaban J connectivity index is 2.99. The summed E-state index contributed by atoms with van der Waals surface area (Å²) in [5.74, 6) is -5.92. The lowest BCUT2D eigenvalue weighted by Crippen LogP contribution is -2.48. The van der Waals surface area contributed by atoms with E-state index in [1.54, 1.807) is 0 Å². The van der Waals surface area contributed by atoms with Crippen LogP contribution < -0.4 is 0 Å². The molecule has 2 atom stereocenters. The number of hydrogen-bond acceptors (Lipinski definition) is 4. The number of halogens is 2. The van der Waals surface area contributed by atoms with Crippen molar-refractivity contribution in [3.05, 3.63) is 0 Å². The van der Waals surface area contributed by atoms with E-state index in [9.17, 15) is 22.0 Å². The predicted octanol–water partition coefficient (Wildman–Crippen LogP) is -0.0397. The lowest BCUT2D eigenvalue weighted by Gasteiger charge is -2.27. The number of alkyl halides is 2. The van der Waals surface area contributed by atoms with Gasteiger partial charge in [0.05, 0.1) is 25.2 Å². The smallest absolute Gasteiger partial charge is 0.350 e. The third kappa shape index (κ3) is 2.72. The highest BCUT2D eigenvalue weighted by atomic mass is 32.2. The summed E-state index contributed by atoms with van der Waals surface area (Å²) in [5.41, 5.74) is 0. The van der Waals surface area contributed by atoms with Crippen molar-refractivity contribution < 1.29 is 31.8 Å². The van der Waals surface area contributed by atoms with Gasteiger partial charge in [-0.1, -0.05) is 6.92 Å². The van der Waals surface area contributed by atoms with E-state index in [2.05, 4.69) is 0 Å². The fourth-order valence-corrected chi connectivity index (χ4v) is 2.92. The lowest BCUT2D eigenvalue weighted by atomic mass is 10.0. The molecule has 0 saturated carbocycles. The summed E-state index contributed by atoms with van der Waals surface area (Å²) in [7, 11) is -4.78. The monoisotopic (exact) mass is 273 g/mol. The van der Waals surface area contributed by atoms with Gasteiger partial charge in [0, 0.05) is 6.54 Å². The average molecular weight is 273 g/mol. The van der Waals surface area contributed by atoms with Gasteiger partial charge in [-0.05, 0) is 0 Å². The second kappa shape index (κ2) is 5.23. The summed E-state index contributed by atoms with van der Waals surface area (Å²) in [6.07, 6.45) is 0. The molecule has 1 aliphatic rings. The summed E-state index contributed by atoms with van der Waals surface area (Å²) in [4.78, 5) is 10.8. The molecule has 0 bridgehead atoms. The molecule has 2 unspecified atom stereocenters. The van der Waals surface area contributed by atoms with E-state index >= 15 is 0 Å². The zero-order valence-corrected chi connectivity index (χ0v) is 9.86. The largest absolute Gasteiger partial charge is 0.481 e. The Hall–Kier alpha value is -0.800. The molecule has 0 aromatic heterocycles. The number of ether oxygens (including phenoxy) is 1. The van der Waals surface area contributed by atoms with Gasteiger partial charge in [0.15, 0.2) is 0 Å². The number of hydrogen-bond donors (Lipinski definition) is 1. The van der Waals surface area contributed by atoms with E-state index in [-0.39, 0.29) is 19.8 Å². The topological polar surface area (TPSA) is 83.9 Å². The van der Waals surface area contributed by atoms with Crippen LogP contribution >= 0.6 is 0 Å².